The Balaban J connectivity index is 2.93. The molecule has 0 saturated heterocycles. The lowest BCUT2D eigenvalue weighted by atomic mass is 10.2. The molecule has 0 bridgehead atoms. The molecule has 0 spiro atoms. The van der Waals surface area contributed by atoms with Gasteiger partial charge in [-0.25, -0.2) is 0 Å². The summed E-state index contributed by atoms with van der Waals surface area (Å²) in [6, 6.07) is 11.4. The normalized spacial score (nSPS) is 17.4. The van der Waals surface area contributed by atoms with Crippen molar-refractivity contribution in [2.45, 2.75) is 25.1 Å². The van der Waals surface area contributed by atoms with Crippen LogP contribution in [-0.4, -0.2) is 13.3 Å². The molecule has 0 N–H and O–H groups in total. The van der Waals surface area contributed by atoms with Crippen LogP contribution in [0.4, 0.5) is 0 Å². The minimum atomic E-state index is -1.71. The van der Waals surface area contributed by atoms with Gasteiger partial charge in [0.15, 0.2) is 7.38 Å². The molecular weight excluding hydrogens is 231 g/mol. The molecule has 1 rings (SSSR count). The smallest absolute Gasteiger partial charge is 0.161 e. The summed E-state index contributed by atoms with van der Waals surface area (Å²) in [5.41, 5.74) is 1.64. The highest BCUT2D eigenvalue weighted by atomic mass is 35.6. The SMILES string of the molecule is CC[Si](C)(Cl)[C@@H](CCl)c1ccccc1. The average molecular weight is 247 g/mol. The number of benzene rings is 1. The standard InChI is InChI=1S/C11H16Cl2Si/c1-3-14(2,13)11(9-12)10-7-5-4-6-8-10/h4-8,11H,3,9H2,1-2H3/t11-,14?/m0/s1. The molecule has 1 aromatic carbocycles. The van der Waals surface area contributed by atoms with Gasteiger partial charge >= 0.3 is 0 Å². The molecule has 0 aromatic heterocycles. The highest BCUT2D eigenvalue weighted by molar-refractivity contribution is 7.20. The fourth-order valence-corrected chi connectivity index (χ4v) is 5.28. The molecule has 0 nitrogen and oxygen atoms in total. The van der Waals surface area contributed by atoms with E-state index >= 15 is 0 Å². The van der Waals surface area contributed by atoms with E-state index in [0.29, 0.717) is 11.4 Å². The van der Waals surface area contributed by atoms with Crippen LogP contribution in [0.25, 0.3) is 0 Å². The minimum absolute atomic E-state index is 0.358. The zero-order chi connectivity index (χ0) is 10.6. The summed E-state index contributed by atoms with van der Waals surface area (Å²) < 4.78 is 0. The minimum Gasteiger partial charge on any atom is -0.167 e. The van der Waals surface area contributed by atoms with E-state index in [4.69, 9.17) is 22.7 Å². The summed E-state index contributed by atoms with van der Waals surface area (Å²) in [6.45, 7) is 4.34. The number of hydrogen-bond donors (Lipinski definition) is 0. The van der Waals surface area contributed by atoms with Crippen molar-refractivity contribution < 1.29 is 0 Å². The molecule has 0 heterocycles. The van der Waals surface area contributed by atoms with Gasteiger partial charge in [-0.3, -0.25) is 0 Å². The van der Waals surface area contributed by atoms with Crippen LogP contribution in [0.5, 0.6) is 0 Å². The van der Waals surface area contributed by atoms with Crippen molar-refractivity contribution in [3.8, 4) is 0 Å². The van der Waals surface area contributed by atoms with Crippen LogP contribution in [0.1, 0.15) is 18.0 Å². The van der Waals surface area contributed by atoms with E-state index < -0.39 is 7.38 Å². The molecule has 0 amide bonds. The van der Waals surface area contributed by atoms with Crippen LogP contribution >= 0.6 is 22.7 Å². The highest BCUT2D eigenvalue weighted by Gasteiger charge is 2.33. The monoisotopic (exact) mass is 246 g/mol. The molecule has 0 saturated carbocycles. The van der Waals surface area contributed by atoms with Gasteiger partial charge in [-0.05, 0) is 11.6 Å². The fraction of sp³-hybridized carbons (Fsp3) is 0.455. The molecule has 0 fully saturated rings. The summed E-state index contributed by atoms with van der Waals surface area (Å²) in [5, 5.41) is 0. The first kappa shape index (κ1) is 12.1. The van der Waals surface area contributed by atoms with E-state index in [-0.39, 0.29) is 0 Å². The van der Waals surface area contributed by atoms with Crippen LogP contribution in [0, 0.1) is 0 Å². The third-order valence-electron chi connectivity index (χ3n) is 2.77. The molecule has 0 aliphatic carbocycles. The Labute approximate surface area is 96.9 Å². The van der Waals surface area contributed by atoms with E-state index in [0.717, 1.165) is 6.04 Å². The molecule has 0 aliphatic rings. The lowest BCUT2D eigenvalue weighted by Crippen LogP contribution is -2.32. The van der Waals surface area contributed by atoms with Crippen LogP contribution in [0.2, 0.25) is 12.6 Å². The summed E-state index contributed by atoms with van der Waals surface area (Å²) in [6.07, 6.45) is 0. The van der Waals surface area contributed by atoms with Gasteiger partial charge in [-0.1, -0.05) is 43.8 Å². The molecule has 1 unspecified atom stereocenters. The van der Waals surface area contributed by atoms with Crippen molar-refractivity contribution in [1.29, 1.82) is 0 Å². The van der Waals surface area contributed by atoms with Gasteiger partial charge in [0.1, 0.15) is 0 Å². The van der Waals surface area contributed by atoms with Gasteiger partial charge in [0.05, 0.1) is 0 Å². The lowest BCUT2D eigenvalue weighted by molar-refractivity contribution is 1.03. The average Bonchev–Trinajstić information content (AvgIpc) is 2.20. The third-order valence-corrected chi connectivity index (χ3v) is 8.31. The Morgan fingerprint density at radius 1 is 1.29 bits per heavy atom. The van der Waals surface area contributed by atoms with Gasteiger partial charge in [-0.15, -0.1) is 11.6 Å². The predicted molar refractivity (Wildman–Crippen MR) is 67.9 cm³/mol. The molecule has 2 atom stereocenters. The lowest BCUT2D eigenvalue weighted by Gasteiger charge is -2.27. The van der Waals surface area contributed by atoms with E-state index in [2.05, 4.69) is 25.6 Å². The number of rotatable bonds is 4. The van der Waals surface area contributed by atoms with Crippen molar-refractivity contribution in [2.24, 2.45) is 0 Å². The van der Waals surface area contributed by atoms with Gasteiger partial charge in [0.25, 0.3) is 0 Å². The van der Waals surface area contributed by atoms with Gasteiger partial charge < -0.3 is 0 Å². The Morgan fingerprint density at radius 2 is 1.86 bits per heavy atom. The Morgan fingerprint density at radius 3 is 2.29 bits per heavy atom. The van der Waals surface area contributed by atoms with Crippen LogP contribution in [0.3, 0.4) is 0 Å². The van der Waals surface area contributed by atoms with Crippen molar-refractivity contribution in [3.63, 3.8) is 0 Å². The zero-order valence-electron chi connectivity index (χ0n) is 8.63. The Hall–Kier alpha value is 0.0169. The first-order valence-corrected chi connectivity index (χ1v) is 9.24. The molecule has 78 valence electrons. The second kappa shape index (κ2) is 5.20. The van der Waals surface area contributed by atoms with E-state index in [9.17, 15) is 0 Å². The van der Waals surface area contributed by atoms with E-state index in [1.165, 1.54) is 5.56 Å². The van der Waals surface area contributed by atoms with E-state index in [1.807, 2.05) is 18.2 Å². The zero-order valence-corrected chi connectivity index (χ0v) is 11.1. The number of alkyl halides is 1. The third kappa shape index (κ3) is 2.75. The summed E-state index contributed by atoms with van der Waals surface area (Å²) in [4.78, 5) is 0. The second-order valence-corrected chi connectivity index (χ2v) is 10.6. The maximum atomic E-state index is 6.58. The van der Waals surface area contributed by atoms with Crippen molar-refractivity contribution in [2.75, 3.05) is 5.88 Å². The quantitative estimate of drug-likeness (QED) is 0.420. The number of hydrogen-bond acceptors (Lipinski definition) is 0. The first-order valence-electron chi connectivity index (χ1n) is 4.91. The molecule has 0 aliphatic heterocycles. The molecular formula is C11H16Cl2Si. The van der Waals surface area contributed by atoms with Crippen LogP contribution in [0.15, 0.2) is 30.3 Å². The largest absolute Gasteiger partial charge is 0.167 e. The summed E-state index contributed by atoms with van der Waals surface area (Å²) >= 11 is 12.6. The van der Waals surface area contributed by atoms with Gasteiger partial charge in [-0.2, -0.15) is 11.1 Å². The van der Waals surface area contributed by atoms with Crippen LogP contribution < -0.4 is 0 Å². The molecule has 14 heavy (non-hydrogen) atoms. The Bertz CT molecular complexity index is 272. The molecule has 1 aromatic rings. The van der Waals surface area contributed by atoms with Crippen molar-refractivity contribution in [3.05, 3.63) is 35.9 Å². The number of halogens is 2. The summed E-state index contributed by atoms with van der Waals surface area (Å²) in [7, 11) is -1.71. The predicted octanol–water partition coefficient (Wildman–Crippen LogP) is 4.38. The second-order valence-electron chi connectivity index (χ2n) is 3.75. The summed E-state index contributed by atoms with van der Waals surface area (Å²) in [5.74, 6) is 0.629. The molecule has 3 heteroatoms. The van der Waals surface area contributed by atoms with E-state index in [1.54, 1.807) is 0 Å². The fourth-order valence-electron chi connectivity index (χ4n) is 1.53. The van der Waals surface area contributed by atoms with Crippen molar-refractivity contribution in [1.82, 2.24) is 0 Å². The Kier molecular flexibility index (Phi) is 4.49. The van der Waals surface area contributed by atoms with Gasteiger partial charge in [0, 0.05) is 11.4 Å². The first-order chi connectivity index (χ1) is 6.61. The topological polar surface area (TPSA) is 0 Å². The highest BCUT2D eigenvalue weighted by Crippen LogP contribution is 2.33. The maximum Gasteiger partial charge on any atom is 0.161 e. The van der Waals surface area contributed by atoms with Gasteiger partial charge in [0.2, 0.25) is 0 Å². The van der Waals surface area contributed by atoms with Crippen molar-refractivity contribution >= 4 is 30.1 Å². The molecule has 0 radical (unpaired) electrons. The maximum absolute atomic E-state index is 6.58. The van der Waals surface area contributed by atoms with Crippen LogP contribution in [-0.2, 0) is 0 Å².